The number of rotatable bonds is 3. The molecule has 2 aromatic rings. The van der Waals surface area contributed by atoms with E-state index in [2.05, 4.69) is 0 Å². The first-order chi connectivity index (χ1) is 10.6. The van der Waals surface area contributed by atoms with Gasteiger partial charge in [-0.15, -0.1) is 0 Å². The molecule has 1 heterocycles. The second kappa shape index (κ2) is 6.12. The van der Waals surface area contributed by atoms with Gasteiger partial charge >= 0.3 is 0 Å². The molecule has 2 aromatic carbocycles. The van der Waals surface area contributed by atoms with Crippen LogP contribution in [0.2, 0.25) is 0 Å². The second-order valence-electron chi connectivity index (χ2n) is 5.45. The van der Waals surface area contributed by atoms with E-state index in [1.165, 1.54) is 12.1 Å². The van der Waals surface area contributed by atoms with Gasteiger partial charge in [0.1, 0.15) is 5.82 Å². The van der Waals surface area contributed by atoms with Gasteiger partial charge in [0, 0.05) is 24.7 Å². The molecule has 112 valence electrons. The second-order valence-corrected chi connectivity index (χ2v) is 5.45. The van der Waals surface area contributed by atoms with Crippen molar-refractivity contribution in [3.8, 4) is 0 Å². The summed E-state index contributed by atoms with van der Waals surface area (Å²) in [4.78, 5) is 13.5. The van der Waals surface area contributed by atoms with E-state index in [0.29, 0.717) is 13.0 Å². The van der Waals surface area contributed by atoms with Crippen LogP contribution in [0.5, 0.6) is 0 Å². The van der Waals surface area contributed by atoms with Gasteiger partial charge in [-0.1, -0.05) is 36.4 Å². The molecule has 0 radical (unpaired) electrons. The van der Waals surface area contributed by atoms with Crippen molar-refractivity contribution in [2.75, 3.05) is 11.4 Å². The topological polar surface area (TPSA) is 46.3 Å². The number of nitrogens with zero attached hydrogens (tertiary/aromatic N) is 1. The molecule has 0 saturated carbocycles. The van der Waals surface area contributed by atoms with Crippen LogP contribution in [0.1, 0.15) is 17.5 Å². The first-order valence-electron chi connectivity index (χ1n) is 7.21. The number of benzene rings is 2. The fourth-order valence-electron chi connectivity index (χ4n) is 2.55. The largest absolute Gasteiger partial charge is 0.326 e. The predicted molar refractivity (Wildman–Crippen MR) is 86.7 cm³/mol. The van der Waals surface area contributed by atoms with Crippen molar-refractivity contribution in [1.82, 2.24) is 0 Å². The zero-order valence-electron chi connectivity index (χ0n) is 12.1. The van der Waals surface area contributed by atoms with Gasteiger partial charge in [-0.3, -0.25) is 4.79 Å². The van der Waals surface area contributed by atoms with Crippen molar-refractivity contribution < 1.29 is 9.18 Å². The fraction of sp³-hybridized carbons (Fsp3) is 0.167. The molecule has 0 aromatic heterocycles. The maximum atomic E-state index is 13.1. The number of carbonyl (C=O) groups excluding carboxylic acids is 1. The molecule has 1 saturated heterocycles. The first kappa shape index (κ1) is 14.5. The van der Waals surface area contributed by atoms with Crippen LogP contribution in [0.25, 0.3) is 12.2 Å². The predicted octanol–water partition coefficient (Wildman–Crippen LogP) is 3.06. The van der Waals surface area contributed by atoms with Crippen LogP contribution in [0.4, 0.5) is 10.1 Å². The molecule has 0 aliphatic carbocycles. The van der Waals surface area contributed by atoms with Crippen LogP contribution in [0.3, 0.4) is 0 Å². The third-order valence-corrected chi connectivity index (χ3v) is 3.68. The van der Waals surface area contributed by atoms with Gasteiger partial charge in [-0.05, 0) is 35.4 Å². The van der Waals surface area contributed by atoms with Gasteiger partial charge < -0.3 is 10.6 Å². The van der Waals surface area contributed by atoms with E-state index in [-0.39, 0.29) is 17.8 Å². The van der Waals surface area contributed by atoms with Crippen molar-refractivity contribution in [2.45, 2.75) is 12.5 Å². The number of hydrogen-bond donors (Lipinski definition) is 1. The number of halogens is 1. The standard InChI is InChI=1S/C18H17FN2O/c19-15-3-1-2-14(10-15)5-4-13-6-8-17(9-7-13)21-12-16(20)11-18(21)22/h1-10,16H,11-12,20H2. The third-order valence-electron chi connectivity index (χ3n) is 3.68. The highest BCUT2D eigenvalue weighted by molar-refractivity contribution is 5.96. The van der Waals surface area contributed by atoms with Crippen LogP contribution in [-0.4, -0.2) is 18.5 Å². The molecule has 0 spiro atoms. The van der Waals surface area contributed by atoms with Crippen LogP contribution in [0, 0.1) is 5.82 Å². The lowest BCUT2D eigenvalue weighted by Gasteiger charge is -2.16. The minimum atomic E-state index is -0.249. The zero-order valence-corrected chi connectivity index (χ0v) is 12.1. The Kier molecular flexibility index (Phi) is 4.02. The molecule has 3 rings (SSSR count). The summed E-state index contributed by atoms with van der Waals surface area (Å²) in [5.41, 5.74) is 8.46. The van der Waals surface area contributed by atoms with Crippen LogP contribution in [0.15, 0.2) is 48.5 Å². The third kappa shape index (κ3) is 3.23. The highest BCUT2D eigenvalue weighted by atomic mass is 19.1. The average Bonchev–Trinajstić information content (AvgIpc) is 2.84. The maximum absolute atomic E-state index is 13.1. The van der Waals surface area contributed by atoms with Gasteiger partial charge in [0.25, 0.3) is 0 Å². The van der Waals surface area contributed by atoms with Crippen molar-refractivity contribution in [1.29, 1.82) is 0 Å². The number of carbonyl (C=O) groups is 1. The summed E-state index contributed by atoms with van der Waals surface area (Å²) in [7, 11) is 0. The summed E-state index contributed by atoms with van der Waals surface area (Å²) in [6, 6.07) is 14.0. The molecule has 2 N–H and O–H groups in total. The monoisotopic (exact) mass is 296 g/mol. The number of anilines is 1. The summed E-state index contributed by atoms with van der Waals surface area (Å²) < 4.78 is 13.1. The Hall–Kier alpha value is -2.46. The highest BCUT2D eigenvalue weighted by Crippen LogP contribution is 2.22. The quantitative estimate of drug-likeness (QED) is 0.885. The number of nitrogens with two attached hydrogens (primary N) is 1. The molecule has 1 aliphatic heterocycles. The Morgan fingerprint density at radius 2 is 1.82 bits per heavy atom. The van der Waals surface area contributed by atoms with E-state index >= 15 is 0 Å². The van der Waals surface area contributed by atoms with Gasteiger partial charge in [-0.25, -0.2) is 4.39 Å². The van der Waals surface area contributed by atoms with E-state index in [1.54, 1.807) is 11.0 Å². The molecule has 1 atom stereocenters. The molecule has 1 fully saturated rings. The van der Waals surface area contributed by atoms with Crippen LogP contribution < -0.4 is 10.6 Å². The van der Waals surface area contributed by atoms with Crippen LogP contribution >= 0.6 is 0 Å². The lowest BCUT2D eigenvalue weighted by Crippen LogP contribution is -2.27. The van der Waals surface area contributed by atoms with Gasteiger partial charge in [-0.2, -0.15) is 0 Å². The van der Waals surface area contributed by atoms with E-state index < -0.39 is 0 Å². The summed E-state index contributed by atoms with van der Waals surface area (Å²) >= 11 is 0. The molecular formula is C18H17FN2O. The Balaban J connectivity index is 1.73. The molecule has 3 nitrogen and oxygen atoms in total. The van der Waals surface area contributed by atoms with Crippen molar-refractivity contribution >= 4 is 23.7 Å². The number of hydrogen-bond acceptors (Lipinski definition) is 2. The lowest BCUT2D eigenvalue weighted by atomic mass is 10.1. The first-order valence-corrected chi connectivity index (χ1v) is 7.21. The average molecular weight is 296 g/mol. The smallest absolute Gasteiger partial charge is 0.228 e. The molecule has 1 amide bonds. The van der Waals surface area contributed by atoms with Gasteiger partial charge in [0.15, 0.2) is 0 Å². The minimum absolute atomic E-state index is 0.0653. The summed E-state index contributed by atoms with van der Waals surface area (Å²) in [5, 5.41) is 0. The summed E-state index contributed by atoms with van der Waals surface area (Å²) in [5.74, 6) is -0.183. The Morgan fingerprint density at radius 1 is 1.09 bits per heavy atom. The summed E-state index contributed by atoms with van der Waals surface area (Å²) in [6.07, 6.45) is 4.17. The number of amides is 1. The fourth-order valence-corrected chi connectivity index (χ4v) is 2.55. The lowest BCUT2D eigenvalue weighted by molar-refractivity contribution is -0.117. The van der Waals surface area contributed by atoms with E-state index in [4.69, 9.17) is 5.73 Å². The van der Waals surface area contributed by atoms with E-state index in [0.717, 1.165) is 16.8 Å². The molecule has 22 heavy (non-hydrogen) atoms. The molecule has 4 heteroatoms. The zero-order chi connectivity index (χ0) is 15.5. The Bertz CT molecular complexity index is 709. The van der Waals surface area contributed by atoms with Gasteiger partial charge in [0.2, 0.25) is 5.91 Å². The highest BCUT2D eigenvalue weighted by Gasteiger charge is 2.27. The van der Waals surface area contributed by atoms with Crippen molar-refractivity contribution in [3.63, 3.8) is 0 Å². The van der Waals surface area contributed by atoms with E-state index in [1.807, 2.05) is 42.5 Å². The normalized spacial score (nSPS) is 18.4. The molecule has 1 aliphatic rings. The molecule has 1 unspecified atom stereocenters. The van der Waals surface area contributed by atoms with Crippen molar-refractivity contribution in [2.24, 2.45) is 5.73 Å². The van der Waals surface area contributed by atoms with E-state index in [9.17, 15) is 9.18 Å². The van der Waals surface area contributed by atoms with Crippen LogP contribution in [-0.2, 0) is 4.79 Å². The molecule has 0 bridgehead atoms. The minimum Gasteiger partial charge on any atom is -0.326 e. The van der Waals surface area contributed by atoms with Crippen molar-refractivity contribution in [3.05, 3.63) is 65.5 Å². The van der Waals surface area contributed by atoms with Gasteiger partial charge in [0.05, 0.1) is 0 Å². The Morgan fingerprint density at radius 3 is 2.45 bits per heavy atom. The summed E-state index contributed by atoms with van der Waals surface area (Å²) in [6.45, 7) is 0.567. The Labute approximate surface area is 128 Å². The maximum Gasteiger partial charge on any atom is 0.228 e. The molecular weight excluding hydrogens is 279 g/mol. The SMILES string of the molecule is NC1CC(=O)N(c2ccc(C=Cc3cccc(F)c3)cc2)C1.